The maximum Gasteiger partial charge on any atom is 0.334 e. The summed E-state index contributed by atoms with van der Waals surface area (Å²) in [6.07, 6.45) is -0.257. The summed E-state index contributed by atoms with van der Waals surface area (Å²) in [5.74, 6) is -1.69. The number of ether oxygens (including phenoxy) is 3. The molecule has 41 heavy (non-hydrogen) atoms. The first kappa shape index (κ1) is 28.4. The molecule has 11 heteroatoms. The smallest absolute Gasteiger partial charge is 0.334 e. The molecule has 0 aliphatic carbocycles. The molecule has 3 atom stereocenters. The number of fused-ring (bicyclic) bond motifs is 1. The summed E-state index contributed by atoms with van der Waals surface area (Å²) in [6.45, 7) is -0.395. The van der Waals surface area contributed by atoms with Gasteiger partial charge in [0.05, 0.1) is 0 Å². The van der Waals surface area contributed by atoms with Gasteiger partial charge in [0.2, 0.25) is 0 Å². The highest BCUT2D eigenvalue weighted by Gasteiger charge is 2.67. The normalized spacial score (nSPS) is 21.3. The van der Waals surface area contributed by atoms with E-state index in [1.54, 1.807) is 24.3 Å². The van der Waals surface area contributed by atoms with Crippen molar-refractivity contribution in [3.63, 3.8) is 0 Å². The van der Waals surface area contributed by atoms with Crippen molar-refractivity contribution in [2.24, 2.45) is 0 Å². The Kier molecular flexibility index (Phi) is 8.44. The number of halogens is 1. The molecule has 2 aliphatic heterocycles. The molecule has 2 unspecified atom stereocenters. The second kappa shape index (κ2) is 12.2. The van der Waals surface area contributed by atoms with Gasteiger partial charge in [0.25, 0.3) is 17.5 Å². The number of hydrogen-bond donors (Lipinski definition) is 1. The Morgan fingerprint density at radius 3 is 2.20 bits per heavy atom. The van der Waals surface area contributed by atoms with E-state index >= 15 is 0 Å². The predicted molar refractivity (Wildman–Crippen MR) is 152 cm³/mol. The van der Waals surface area contributed by atoms with E-state index in [1.165, 1.54) is 17.4 Å². The fourth-order valence-electron chi connectivity index (χ4n) is 4.70. The van der Waals surface area contributed by atoms with Crippen molar-refractivity contribution >= 4 is 47.4 Å². The standard InChI is InChI=1S/C30H25ClN2O7S/c1-38-30(32-24(35)17-39-23-14-12-22(31)13-15-23)28(37)33-25(21(16-34)18-41-29(30)33)27(36)40-26(19-8-4-2-5-9-19)20-10-6-3-7-11-20/h2-16,18,25-26,29H,17H2,1H3,(H,32,35)/t25?,29-,30?/m1/s1. The first-order valence-electron chi connectivity index (χ1n) is 12.6. The van der Waals surface area contributed by atoms with Crippen molar-refractivity contribution < 1.29 is 33.4 Å². The van der Waals surface area contributed by atoms with Crippen molar-refractivity contribution in [3.8, 4) is 5.75 Å². The van der Waals surface area contributed by atoms with E-state index in [0.717, 1.165) is 22.9 Å². The lowest BCUT2D eigenvalue weighted by molar-refractivity contribution is -0.203. The molecule has 1 N–H and O–H groups in total. The maximum atomic E-state index is 13.7. The second-order valence-corrected chi connectivity index (χ2v) is 10.6. The van der Waals surface area contributed by atoms with Crippen LogP contribution in [0.15, 0.2) is 95.9 Å². The van der Waals surface area contributed by atoms with Crippen LogP contribution in [0.1, 0.15) is 17.2 Å². The number of carbonyl (C=O) groups is 4. The fraction of sp³-hybridized carbons (Fsp3) is 0.200. The summed E-state index contributed by atoms with van der Waals surface area (Å²) >= 11 is 6.96. The lowest BCUT2D eigenvalue weighted by Gasteiger charge is -2.57. The van der Waals surface area contributed by atoms with E-state index < -0.39 is 47.6 Å². The van der Waals surface area contributed by atoms with Crippen LogP contribution in [-0.4, -0.2) is 59.8 Å². The molecule has 3 aromatic carbocycles. The number of aldehydes is 1. The van der Waals surface area contributed by atoms with Crippen LogP contribution in [-0.2, 0) is 28.7 Å². The molecule has 0 aromatic heterocycles. The first-order chi connectivity index (χ1) is 19.9. The number of nitrogens with one attached hydrogen (secondary N) is 1. The van der Waals surface area contributed by atoms with E-state index in [4.69, 9.17) is 25.8 Å². The molecule has 0 saturated carbocycles. The highest BCUT2D eigenvalue weighted by Crippen LogP contribution is 2.46. The Bertz CT molecular complexity index is 1430. The third-order valence-electron chi connectivity index (χ3n) is 6.71. The van der Waals surface area contributed by atoms with Crippen LogP contribution in [0.4, 0.5) is 0 Å². The molecule has 0 radical (unpaired) electrons. The molecule has 9 nitrogen and oxygen atoms in total. The zero-order valence-electron chi connectivity index (χ0n) is 21.8. The van der Waals surface area contributed by atoms with E-state index in [1.807, 2.05) is 60.7 Å². The highest BCUT2D eigenvalue weighted by molar-refractivity contribution is 8.03. The molecule has 2 amide bonds. The quantitative estimate of drug-likeness (QED) is 0.163. The van der Waals surface area contributed by atoms with Crippen molar-refractivity contribution in [1.82, 2.24) is 10.2 Å². The third-order valence-corrected chi connectivity index (χ3v) is 8.19. The van der Waals surface area contributed by atoms with E-state index in [9.17, 15) is 19.2 Å². The Morgan fingerprint density at radius 2 is 1.63 bits per heavy atom. The molecule has 1 fully saturated rings. The number of rotatable bonds is 10. The number of benzene rings is 3. The molecule has 210 valence electrons. The number of amides is 2. The van der Waals surface area contributed by atoms with Gasteiger partial charge in [-0.2, -0.15) is 0 Å². The molecule has 0 spiro atoms. The minimum Gasteiger partial charge on any atom is -0.484 e. The van der Waals surface area contributed by atoms with Crippen LogP contribution in [0.3, 0.4) is 0 Å². The van der Waals surface area contributed by atoms with Crippen LogP contribution in [0.2, 0.25) is 5.02 Å². The van der Waals surface area contributed by atoms with Gasteiger partial charge >= 0.3 is 5.97 Å². The minimum atomic E-state index is -1.77. The number of thioether (sulfide) groups is 1. The maximum absolute atomic E-state index is 13.7. The van der Waals surface area contributed by atoms with Gasteiger partial charge in [-0.25, -0.2) is 4.79 Å². The minimum absolute atomic E-state index is 0.0616. The first-order valence-corrected chi connectivity index (χ1v) is 13.9. The van der Waals surface area contributed by atoms with Crippen molar-refractivity contribution in [1.29, 1.82) is 0 Å². The van der Waals surface area contributed by atoms with Gasteiger partial charge in [0, 0.05) is 17.7 Å². The summed E-state index contributed by atoms with van der Waals surface area (Å²) in [4.78, 5) is 53.2. The van der Waals surface area contributed by atoms with E-state index in [2.05, 4.69) is 5.32 Å². The summed E-state index contributed by atoms with van der Waals surface area (Å²) in [5, 5.41) is 3.76. The van der Waals surface area contributed by atoms with Crippen LogP contribution in [0.25, 0.3) is 0 Å². The molecule has 5 rings (SSSR count). The lowest BCUT2D eigenvalue weighted by atomic mass is 9.94. The topological polar surface area (TPSA) is 111 Å². The van der Waals surface area contributed by atoms with Gasteiger partial charge in [0.15, 0.2) is 18.8 Å². The number of esters is 1. The monoisotopic (exact) mass is 592 g/mol. The Balaban J connectivity index is 1.35. The number of methoxy groups -OCH3 is 1. The van der Waals surface area contributed by atoms with Crippen molar-refractivity contribution in [2.75, 3.05) is 13.7 Å². The number of hydrogen-bond acceptors (Lipinski definition) is 8. The molecule has 3 aromatic rings. The lowest BCUT2D eigenvalue weighted by Crippen LogP contribution is -2.83. The predicted octanol–water partition coefficient (Wildman–Crippen LogP) is 3.88. The van der Waals surface area contributed by atoms with Crippen LogP contribution < -0.4 is 10.1 Å². The van der Waals surface area contributed by atoms with Gasteiger partial charge in [-0.1, -0.05) is 72.3 Å². The fourth-order valence-corrected chi connectivity index (χ4v) is 6.09. The summed E-state index contributed by atoms with van der Waals surface area (Å²) in [7, 11) is 1.28. The van der Waals surface area contributed by atoms with Crippen LogP contribution in [0.5, 0.6) is 5.75 Å². The van der Waals surface area contributed by atoms with Crippen LogP contribution in [0, 0.1) is 0 Å². The largest absolute Gasteiger partial charge is 0.484 e. The zero-order chi connectivity index (χ0) is 29.0. The average molecular weight is 593 g/mol. The molecule has 0 bridgehead atoms. The van der Waals surface area contributed by atoms with Crippen molar-refractivity contribution in [2.45, 2.75) is 23.2 Å². The number of nitrogens with zero attached hydrogens (tertiary/aromatic N) is 1. The Morgan fingerprint density at radius 1 is 1.02 bits per heavy atom. The van der Waals surface area contributed by atoms with Gasteiger partial charge < -0.3 is 24.4 Å². The highest BCUT2D eigenvalue weighted by atomic mass is 35.5. The number of carbonyl (C=O) groups excluding carboxylic acids is 4. The van der Waals surface area contributed by atoms with Gasteiger partial charge in [-0.3, -0.25) is 14.4 Å². The SMILES string of the molecule is COC1(NC(=O)COc2ccc(Cl)cc2)C(=O)N2C(C(=O)OC(c3ccccc3)c3ccccc3)C(C=O)=CS[C@@H]21. The second-order valence-electron chi connectivity index (χ2n) is 9.21. The van der Waals surface area contributed by atoms with E-state index in [0.29, 0.717) is 17.1 Å². The summed E-state index contributed by atoms with van der Waals surface area (Å²) in [6, 6.07) is 23.4. The average Bonchev–Trinajstić information content (AvgIpc) is 3.02. The molecule has 2 aliphatic rings. The molecule has 1 saturated heterocycles. The molecule has 2 heterocycles. The number of β-lactam (4-membered cyclic amide) rings is 1. The summed E-state index contributed by atoms with van der Waals surface area (Å²) < 4.78 is 17.0. The molecular weight excluding hydrogens is 568 g/mol. The third kappa shape index (κ3) is 5.58. The Hall–Kier alpha value is -4.12. The zero-order valence-corrected chi connectivity index (χ0v) is 23.3. The molecular formula is C30H25ClN2O7S. The van der Waals surface area contributed by atoms with Crippen LogP contribution >= 0.6 is 23.4 Å². The van der Waals surface area contributed by atoms with E-state index in [-0.39, 0.29) is 5.57 Å². The summed E-state index contributed by atoms with van der Waals surface area (Å²) in [5.41, 5.74) is -0.266. The van der Waals surface area contributed by atoms with Gasteiger partial charge in [0.1, 0.15) is 17.4 Å². The van der Waals surface area contributed by atoms with Crippen molar-refractivity contribution in [3.05, 3.63) is 112 Å². The van der Waals surface area contributed by atoms with Gasteiger partial charge in [-0.15, -0.1) is 11.8 Å². The van der Waals surface area contributed by atoms with Gasteiger partial charge in [-0.05, 0) is 40.8 Å². The Labute approximate surface area is 245 Å².